The fourth-order valence-corrected chi connectivity index (χ4v) is 8.36. The van der Waals surface area contributed by atoms with Gasteiger partial charge >= 0.3 is 0 Å². The molecule has 0 spiro atoms. The Morgan fingerprint density at radius 1 is 1.00 bits per heavy atom. The highest BCUT2D eigenvalue weighted by Gasteiger charge is 2.51. The minimum Gasteiger partial charge on any atom is -0.340 e. The normalized spacial score (nSPS) is 47.8. The van der Waals surface area contributed by atoms with Crippen LogP contribution in [0.1, 0.15) is 57.8 Å². The minimum atomic E-state index is 0.417. The SMILES string of the molecule is O=C(CSC12CC3CC(CC(C3)C1)C2)N1CC[C@H]2CC[C@@H](C1)N2. The van der Waals surface area contributed by atoms with E-state index in [2.05, 4.69) is 22.0 Å². The molecule has 1 N–H and O–H groups in total. The molecule has 6 rings (SSSR count). The Kier molecular flexibility index (Phi) is 3.70. The zero-order chi connectivity index (χ0) is 15.4. The molecule has 4 aliphatic carbocycles. The van der Waals surface area contributed by atoms with Gasteiger partial charge in [0.1, 0.15) is 0 Å². The van der Waals surface area contributed by atoms with Crippen LogP contribution in [0.4, 0.5) is 0 Å². The second-order valence-corrected chi connectivity index (χ2v) is 10.6. The van der Waals surface area contributed by atoms with Gasteiger partial charge in [0.2, 0.25) is 5.91 Å². The van der Waals surface area contributed by atoms with Gasteiger partial charge in [-0.2, -0.15) is 0 Å². The maximum absolute atomic E-state index is 12.8. The number of fused-ring (bicyclic) bond motifs is 2. The van der Waals surface area contributed by atoms with E-state index in [4.69, 9.17) is 0 Å². The van der Waals surface area contributed by atoms with Gasteiger partial charge in [0.15, 0.2) is 0 Å². The van der Waals surface area contributed by atoms with Crippen molar-refractivity contribution in [2.75, 3.05) is 18.8 Å². The summed E-state index contributed by atoms with van der Waals surface area (Å²) in [6, 6.07) is 1.24. The summed E-state index contributed by atoms with van der Waals surface area (Å²) in [5.74, 6) is 4.12. The lowest BCUT2D eigenvalue weighted by atomic mass is 9.56. The summed E-state index contributed by atoms with van der Waals surface area (Å²) in [4.78, 5) is 15.0. The van der Waals surface area contributed by atoms with Crippen LogP contribution in [0.25, 0.3) is 0 Å². The van der Waals surface area contributed by atoms with Crippen molar-refractivity contribution in [2.24, 2.45) is 17.8 Å². The van der Waals surface area contributed by atoms with Crippen LogP contribution in [0, 0.1) is 17.8 Å². The molecule has 6 aliphatic rings. The van der Waals surface area contributed by atoms with E-state index in [9.17, 15) is 4.79 Å². The second kappa shape index (κ2) is 5.66. The number of carbonyl (C=O) groups is 1. The minimum absolute atomic E-state index is 0.417. The second-order valence-electron chi connectivity index (χ2n) is 9.16. The summed E-state index contributed by atoms with van der Waals surface area (Å²) >= 11 is 2.05. The number of hydrogen-bond acceptors (Lipinski definition) is 3. The molecular formula is C19H30N2OS. The number of carbonyl (C=O) groups excluding carboxylic acids is 1. The molecular weight excluding hydrogens is 304 g/mol. The quantitative estimate of drug-likeness (QED) is 0.861. The maximum Gasteiger partial charge on any atom is 0.232 e. The van der Waals surface area contributed by atoms with E-state index in [1.807, 2.05) is 0 Å². The molecule has 1 amide bonds. The lowest BCUT2D eigenvalue weighted by Crippen LogP contribution is -2.49. The van der Waals surface area contributed by atoms with Crippen LogP contribution in [-0.2, 0) is 4.79 Å². The number of amides is 1. The monoisotopic (exact) mass is 334 g/mol. The Morgan fingerprint density at radius 3 is 2.35 bits per heavy atom. The molecule has 2 aliphatic heterocycles. The van der Waals surface area contributed by atoms with Crippen LogP contribution in [0.2, 0.25) is 0 Å². The fourth-order valence-electron chi connectivity index (χ4n) is 6.68. The van der Waals surface area contributed by atoms with Crippen LogP contribution < -0.4 is 5.32 Å². The van der Waals surface area contributed by atoms with Gasteiger partial charge in [-0.3, -0.25) is 4.79 Å². The highest BCUT2D eigenvalue weighted by Crippen LogP contribution is 2.60. The van der Waals surface area contributed by atoms with Gasteiger partial charge in [-0.1, -0.05) is 0 Å². The molecule has 6 fully saturated rings. The fraction of sp³-hybridized carbons (Fsp3) is 0.947. The average molecular weight is 335 g/mol. The Bertz CT molecular complexity index is 458. The van der Waals surface area contributed by atoms with E-state index >= 15 is 0 Å². The van der Waals surface area contributed by atoms with Crippen molar-refractivity contribution in [3.8, 4) is 0 Å². The van der Waals surface area contributed by atoms with E-state index in [-0.39, 0.29) is 0 Å². The first-order valence-electron chi connectivity index (χ1n) is 9.85. The van der Waals surface area contributed by atoms with E-state index in [1.54, 1.807) is 0 Å². The Hall–Kier alpha value is -0.220. The number of thioether (sulfide) groups is 1. The standard InChI is InChI=1S/C19H30N2OS/c22-18(21-4-3-16-1-2-17(11-21)20-16)12-23-19-8-13-5-14(9-19)7-15(6-13)10-19/h13-17,20H,1-12H2/t13?,14?,15?,16-,17+,19?/m1/s1. The molecule has 0 radical (unpaired) electrons. The van der Waals surface area contributed by atoms with Gasteiger partial charge in [-0.15, -0.1) is 11.8 Å². The predicted molar refractivity (Wildman–Crippen MR) is 94.5 cm³/mol. The third kappa shape index (κ3) is 2.84. The van der Waals surface area contributed by atoms with Crippen molar-refractivity contribution in [1.82, 2.24) is 10.2 Å². The van der Waals surface area contributed by atoms with Crippen molar-refractivity contribution in [1.29, 1.82) is 0 Å². The van der Waals surface area contributed by atoms with Crippen molar-refractivity contribution in [3.63, 3.8) is 0 Å². The summed E-state index contributed by atoms with van der Waals surface area (Å²) in [5, 5.41) is 3.69. The molecule has 0 aromatic rings. The summed E-state index contributed by atoms with van der Waals surface area (Å²) in [6.07, 6.45) is 12.4. The highest BCUT2D eigenvalue weighted by atomic mass is 32.2. The van der Waals surface area contributed by atoms with E-state index < -0.39 is 0 Å². The van der Waals surface area contributed by atoms with E-state index in [0.717, 1.165) is 43.0 Å². The Balaban J connectivity index is 1.20. The topological polar surface area (TPSA) is 32.3 Å². The van der Waals surface area contributed by atoms with Gasteiger partial charge in [-0.05, 0) is 75.5 Å². The molecule has 0 aromatic carbocycles. The molecule has 4 heteroatoms. The molecule has 2 heterocycles. The van der Waals surface area contributed by atoms with Gasteiger partial charge in [-0.25, -0.2) is 0 Å². The third-order valence-corrected chi connectivity index (χ3v) is 8.86. The van der Waals surface area contributed by atoms with Gasteiger partial charge in [0, 0.05) is 29.9 Å². The zero-order valence-electron chi connectivity index (χ0n) is 14.1. The molecule has 23 heavy (non-hydrogen) atoms. The summed E-state index contributed by atoms with van der Waals surface area (Å²) in [5.41, 5.74) is 0. The first-order valence-corrected chi connectivity index (χ1v) is 10.8. The number of nitrogens with one attached hydrogen (secondary N) is 1. The first-order chi connectivity index (χ1) is 11.2. The first kappa shape index (κ1) is 15.1. The van der Waals surface area contributed by atoms with E-state index in [0.29, 0.717) is 22.7 Å². The van der Waals surface area contributed by atoms with Crippen molar-refractivity contribution < 1.29 is 4.79 Å². The van der Waals surface area contributed by atoms with Crippen LogP contribution >= 0.6 is 11.8 Å². The lowest BCUT2D eigenvalue weighted by Gasteiger charge is -2.56. The summed E-state index contributed by atoms with van der Waals surface area (Å²) in [7, 11) is 0. The Morgan fingerprint density at radius 2 is 1.65 bits per heavy atom. The predicted octanol–water partition coefficient (Wildman–Crippen LogP) is 3.04. The largest absolute Gasteiger partial charge is 0.340 e. The van der Waals surface area contributed by atoms with Gasteiger partial charge < -0.3 is 10.2 Å². The number of likely N-dealkylation sites (tertiary alicyclic amines) is 1. The molecule has 128 valence electrons. The molecule has 2 saturated heterocycles. The smallest absolute Gasteiger partial charge is 0.232 e. The molecule has 3 nitrogen and oxygen atoms in total. The Labute approximate surface area is 144 Å². The van der Waals surface area contributed by atoms with Gasteiger partial charge in [0.25, 0.3) is 0 Å². The molecule has 0 unspecified atom stereocenters. The zero-order valence-corrected chi connectivity index (χ0v) is 15.0. The molecule has 2 atom stereocenters. The van der Waals surface area contributed by atoms with Gasteiger partial charge in [0.05, 0.1) is 5.75 Å². The highest BCUT2D eigenvalue weighted by molar-refractivity contribution is 8.01. The van der Waals surface area contributed by atoms with Crippen LogP contribution in [0.3, 0.4) is 0 Å². The average Bonchev–Trinajstić information content (AvgIpc) is 2.83. The van der Waals surface area contributed by atoms with Crippen LogP contribution in [-0.4, -0.2) is 46.5 Å². The van der Waals surface area contributed by atoms with Crippen LogP contribution in [0.5, 0.6) is 0 Å². The van der Waals surface area contributed by atoms with Crippen molar-refractivity contribution in [2.45, 2.75) is 74.6 Å². The molecule has 6 bridgehead atoms. The summed E-state index contributed by atoms with van der Waals surface area (Å²) < 4.78 is 0.480. The van der Waals surface area contributed by atoms with Crippen molar-refractivity contribution >= 4 is 17.7 Å². The van der Waals surface area contributed by atoms with Crippen molar-refractivity contribution in [3.05, 3.63) is 0 Å². The molecule has 0 aromatic heterocycles. The number of rotatable bonds is 3. The number of nitrogens with zero attached hydrogens (tertiary/aromatic N) is 1. The molecule has 4 saturated carbocycles. The lowest BCUT2D eigenvalue weighted by molar-refractivity contribution is -0.128. The maximum atomic E-state index is 12.8. The van der Waals surface area contributed by atoms with E-state index in [1.165, 1.54) is 51.4 Å². The summed E-state index contributed by atoms with van der Waals surface area (Å²) in [6.45, 7) is 1.94. The van der Waals surface area contributed by atoms with Crippen LogP contribution in [0.15, 0.2) is 0 Å². The number of hydrogen-bond donors (Lipinski definition) is 1. The third-order valence-electron chi connectivity index (χ3n) is 7.36.